The molecule has 0 fully saturated rings. The first-order valence-electron chi connectivity index (χ1n) is 7.51. The number of nitrogens with zero attached hydrogens (tertiary/aromatic N) is 1. The minimum atomic E-state index is -0.438. The zero-order valence-electron chi connectivity index (χ0n) is 13.6. The summed E-state index contributed by atoms with van der Waals surface area (Å²) in [5.74, 6) is 0.0495. The molecule has 1 unspecified atom stereocenters. The average Bonchev–Trinajstić information content (AvgIpc) is 2.97. The molecule has 0 aliphatic heterocycles. The summed E-state index contributed by atoms with van der Waals surface area (Å²) < 4.78 is 0. The maximum Gasteiger partial charge on any atom is 0.269 e. The van der Waals surface area contributed by atoms with Gasteiger partial charge in [0.05, 0.1) is 11.2 Å². The van der Waals surface area contributed by atoms with Crippen molar-refractivity contribution in [2.45, 2.75) is 33.2 Å². The molecular formula is C17H24N4O. The van der Waals surface area contributed by atoms with Gasteiger partial charge in [-0.1, -0.05) is 43.7 Å². The largest absolute Gasteiger partial charge is 0.344 e. The van der Waals surface area contributed by atoms with E-state index in [0.717, 1.165) is 11.3 Å². The quantitative estimate of drug-likeness (QED) is 0.793. The second kappa shape index (κ2) is 6.32. The Kier molecular flexibility index (Phi) is 4.66. The molecule has 118 valence electrons. The van der Waals surface area contributed by atoms with Gasteiger partial charge in [0.25, 0.3) is 5.91 Å². The number of benzene rings is 1. The van der Waals surface area contributed by atoms with Crippen molar-refractivity contribution in [3.63, 3.8) is 0 Å². The van der Waals surface area contributed by atoms with E-state index in [-0.39, 0.29) is 11.8 Å². The van der Waals surface area contributed by atoms with Crippen molar-refractivity contribution in [3.8, 4) is 11.3 Å². The topological polar surface area (TPSA) is 83.8 Å². The Morgan fingerprint density at radius 2 is 2.00 bits per heavy atom. The van der Waals surface area contributed by atoms with E-state index in [1.165, 1.54) is 5.56 Å². The van der Waals surface area contributed by atoms with Crippen LogP contribution in [0.5, 0.6) is 0 Å². The number of nitrogens with two attached hydrogens (primary N) is 1. The molecule has 22 heavy (non-hydrogen) atoms. The molecule has 4 N–H and O–H groups in total. The molecule has 5 heteroatoms. The number of amides is 1. The monoisotopic (exact) mass is 300 g/mol. The first-order valence-corrected chi connectivity index (χ1v) is 7.51. The van der Waals surface area contributed by atoms with Crippen LogP contribution in [-0.2, 0) is 0 Å². The van der Waals surface area contributed by atoms with E-state index in [2.05, 4.69) is 15.5 Å². The van der Waals surface area contributed by atoms with E-state index in [0.29, 0.717) is 12.2 Å². The molecule has 0 radical (unpaired) electrons. The third kappa shape index (κ3) is 3.36. The van der Waals surface area contributed by atoms with Gasteiger partial charge < -0.3 is 11.1 Å². The fraction of sp³-hybridized carbons (Fsp3) is 0.412. The Morgan fingerprint density at radius 3 is 2.55 bits per heavy atom. The van der Waals surface area contributed by atoms with Gasteiger partial charge in [0.1, 0.15) is 5.69 Å². The summed E-state index contributed by atoms with van der Waals surface area (Å²) in [6.45, 7) is 8.45. The fourth-order valence-electron chi connectivity index (χ4n) is 2.07. The van der Waals surface area contributed by atoms with Gasteiger partial charge in [0.15, 0.2) is 0 Å². The van der Waals surface area contributed by atoms with Gasteiger partial charge in [-0.05, 0) is 25.8 Å². The van der Waals surface area contributed by atoms with Gasteiger partial charge in [-0.3, -0.25) is 9.89 Å². The van der Waals surface area contributed by atoms with Crippen LogP contribution in [0, 0.1) is 12.8 Å². The number of carbonyl (C=O) groups is 1. The molecule has 0 saturated heterocycles. The number of aryl methyl sites for hydroxylation is 1. The number of hydrogen-bond donors (Lipinski definition) is 3. The summed E-state index contributed by atoms with van der Waals surface area (Å²) in [5, 5.41) is 10.0. The van der Waals surface area contributed by atoms with E-state index < -0.39 is 5.54 Å². The first kappa shape index (κ1) is 16.2. The molecule has 2 rings (SSSR count). The molecule has 0 spiro atoms. The van der Waals surface area contributed by atoms with Gasteiger partial charge in [-0.2, -0.15) is 5.10 Å². The van der Waals surface area contributed by atoms with Crippen LogP contribution in [0.1, 0.15) is 36.8 Å². The highest BCUT2D eigenvalue weighted by Crippen LogP contribution is 2.19. The number of H-pyrrole nitrogens is 1. The third-order valence-corrected chi connectivity index (χ3v) is 4.27. The molecular weight excluding hydrogens is 276 g/mol. The Bertz CT molecular complexity index is 645. The number of nitrogens with one attached hydrogen (secondary N) is 2. The van der Waals surface area contributed by atoms with Crippen molar-refractivity contribution in [3.05, 3.63) is 41.6 Å². The van der Waals surface area contributed by atoms with E-state index in [4.69, 9.17) is 5.73 Å². The summed E-state index contributed by atoms with van der Waals surface area (Å²) in [6.07, 6.45) is 0. The SMILES string of the molecule is Cc1ccc(-c2cc(C(=O)NC(C)(CN)C(C)C)[nH]n2)cc1. The standard InChI is InChI=1S/C17H24N4O/c1-11(2)17(4,10-18)19-16(22)15-9-14(20-21-15)13-7-5-12(3)6-8-13/h5-9,11H,10,18H2,1-4H3,(H,19,22)(H,20,21). The highest BCUT2D eigenvalue weighted by atomic mass is 16.2. The van der Waals surface area contributed by atoms with Crippen molar-refractivity contribution in [1.29, 1.82) is 0 Å². The van der Waals surface area contributed by atoms with Crippen LogP contribution in [0.2, 0.25) is 0 Å². The van der Waals surface area contributed by atoms with Crippen LogP contribution in [0.4, 0.5) is 0 Å². The van der Waals surface area contributed by atoms with Crippen LogP contribution in [0.15, 0.2) is 30.3 Å². The Labute approximate surface area is 131 Å². The lowest BCUT2D eigenvalue weighted by Crippen LogP contribution is -2.55. The lowest BCUT2D eigenvalue weighted by molar-refractivity contribution is 0.0878. The second-order valence-electron chi connectivity index (χ2n) is 6.26. The summed E-state index contributed by atoms with van der Waals surface area (Å²) in [5.41, 5.74) is 8.73. The molecule has 0 aliphatic carbocycles. The minimum Gasteiger partial charge on any atom is -0.344 e. The van der Waals surface area contributed by atoms with Crippen LogP contribution < -0.4 is 11.1 Å². The van der Waals surface area contributed by atoms with Gasteiger partial charge >= 0.3 is 0 Å². The first-order chi connectivity index (χ1) is 10.4. The van der Waals surface area contributed by atoms with Gasteiger partial charge in [0.2, 0.25) is 0 Å². The molecule has 0 saturated carbocycles. The molecule has 1 aromatic heterocycles. The van der Waals surface area contributed by atoms with Crippen LogP contribution in [0.25, 0.3) is 11.3 Å². The number of rotatable bonds is 5. The van der Waals surface area contributed by atoms with Crippen molar-refractivity contribution < 1.29 is 4.79 Å². The summed E-state index contributed by atoms with van der Waals surface area (Å²) in [4.78, 5) is 12.4. The highest BCUT2D eigenvalue weighted by molar-refractivity contribution is 5.93. The smallest absolute Gasteiger partial charge is 0.269 e. The summed E-state index contributed by atoms with van der Waals surface area (Å²) in [6, 6.07) is 9.79. The molecule has 5 nitrogen and oxygen atoms in total. The number of carbonyl (C=O) groups excluding carboxylic acids is 1. The molecule has 1 atom stereocenters. The van der Waals surface area contributed by atoms with Gasteiger partial charge in [-0.25, -0.2) is 0 Å². The minimum absolute atomic E-state index is 0.187. The van der Waals surface area contributed by atoms with Crippen LogP contribution in [-0.4, -0.2) is 28.2 Å². The highest BCUT2D eigenvalue weighted by Gasteiger charge is 2.29. The third-order valence-electron chi connectivity index (χ3n) is 4.27. The lowest BCUT2D eigenvalue weighted by atomic mass is 9.88. The van der Waals surface area contributed by atoms with Gasteiger partial charge in [0, 0.05) is 12.1 Å². The van der Waals surface area contributed by atoms with E-state index in [1.807, 2.05) is 52.0 Å². The van der Waals surface area contributed by atoms with Crippen LogP contribution in [0.3, 0.4) is 0 Å². The molecule has 1 heterocycles. The maximum absolute atomic E-state index is 12.4. The maximum atomic E-state index is 12.4. The van der Waals surface area contributed by atoms with E-state index in [9.17, 15) is 4.79 Å². The molecule has 2 aromatic rings. The molecule has 1 amide bonds. The van der Waals surface area contributed by atoms with E-state index >= 15 is 0 Å². The van der Waals surface area contributed by atoms with Crippen molar-refractivity contribution in [2.24, 2.45) is 11.7 Å². The molecule has 1 aromatic carbocycles. The van der Waals surface area contributed by atoms with Crippen molar-refractivity contribution >= 4 is 5.91 Å². The zero-order valence-corrected chi connectivity index (χ0v) is 13.6. The fourth-order valence-corrected chi connectivity index (χ4v) is 2.07. The number of aromatic amines is 1. The summed E-state index contributed by atoms with van der Waals surface area (Å²) >= 11 is 0. The normalized spacial score (nSPS) is 13.9. The molecule has 0 aliphatic rings. The number of aromatic nitrogens is 2. The van der Waals surface area contributed by atoms with Crippen LogP contribution >= 0.6 is 0 Å². The van der Waals surface area contributed by atoms with Crippen molar-refractivity contribution in [1.82, 2.24) is 15.5 Å². The molecule has 0 bridgehead atoms. The Morgan fingerprint density at radius 1 is 1.36 bits per heavy atom. The Balaban J connectivity index is 2.17. The number of hydrogen-bond acceptors (Lipinski definition) is 3. The predicted molar refractivity (Wildman–Crippen MR) is 88.5 cm³/mol. The second-order valence-corrected chi connectivity index (χ2v) is 6.26. The van der Waals surface area contributed by atoms with E-state index in [1.54, 1.807) is 6.07 Å². The predicted octanol–water partition coefficient (Wildman–Crippen LogP) is 2.49. The zero-order chi connectivity index (χ0) is 16.3. The Hall–Kier alpha value is -2.14. The lowest BCUT2D eigenvalue weighted by Gasteiger charge is -2.33. The average molecular weight is 300 g/mol. The summed E-state index contributed by atoms with van der Waals surface area (Å²) in [7, 11) is 0. The van der Waals surface area contributed by atoms with Gasteiger partial charge in [-0.15, -0.1) is 0 Å². The van der Waals surface area contributed by atoms with Crippen molar-refractivity contribution in [2.75, 3.05) is 6.54 Å².